The molecule has 2 aromatic heterocycles. The van der Waals surface area contributed by atoms with Crippen LogP contribution in [0.4, 0.5) is 0 Å². The maximum absolute atomic E-state index is 13.0. The van der Waals surface area contributed by atoms with E-state index in [4.69, 9.17) is 37.4 Å². The number of aryl methyl sites for hydroxylation is 1. The quantitative estimate of drug-likeness (QED) is 0.158. The van der Waals surface area contributed by atoms with E-state index in [0.29, 0.717) is 22.0 Å². The Morgan fingerprint density at radius 1 is 1.05 bits per heavy atom. The molecule has 41 heavy (non-hydrogen) atoms. The molecule has 0 fully saturated rings. The normalized spacial score (nSPS) is 8.56. The molecule has 0 aliphatic heterocycles. The van der Waals surface area contributed by atoms with Crippen LogP contribution in [0.5, 0.6) is 0 Å². The summed E-state index contributed by atoms with van der Waals surface area (Å²) in [5, 5.41) is 16.8. The van der Waals surface area contributed by atoms with Gasteiger partial charge in [-0.05, 0) is 67.9 Å². The maximum atomic E-state index is 13.0. The van der Waals surface area contributed by atoms with Crippen molar-refractivity contribution in [2.45, 2.75) is 20.3 Å². The fourth-order valence-corrected chi connectivity index (χ4v) is 3.54. The molecular weight excluding hydrogens is 863 g/mol. The number of fused-ring (bicyclic) bond motifs is 1. The Balaban J connectivity index is -0.000000712. The molecule has 0 unspecified atom stereocenters. The first kappa shape index (κ1) is 43.2. The van der Waals surface area contributed by atoms with Crippen molar-refractivity contribution < 1.29 is 74.2 Å². The van der Waals surface area contributed by atoms with Gasteiger partial charge in [0.2, 0.25) is 0 Å². The number of nitrogens with one attached hydrogen (secondary N) is 1. The van der Waals surface area contributed by atoms with Crippen LogP contribution in [-0.4, -0.2) is 53.4 Å². The van der Waals surface area contributed by atoms with Crippen LogP contribution >= 0.6 is 25.0 Å². The molecule has 0 atom stereocenters. The summed E-state index contributed by atoms with van der Waals surface area (Å²) in [4.78, 5) is 43.6. The topological polar surface area (TPSA) is 152 Å². The second-order valence-corrected chi connectivity index (χ2v) is 7.65. The number of amides is 1. The first-order valence-electron chi connectivity index (χ1n) is 10.9. The standard InChI is InChI=1S/C19H17ClN2O2.C6H5N2.CH4O.2CHO.BrH.Re.Y/c1-11-3-8-17-16(9-11)15(10-18(21)23)12(2)22(17)19(24)13-4-6-14(20)7-5-13;7-5-6-3-1-2-4-8-6;3*1-2;;;/h3-9H,10H2,1-2H3,(H2,21,23);1-5H;2H,1H3;2*1H;1H;;/q;-1;;2*-1;;+1;/p-2. The van der Waals surface area contributed by atoms with Crippen LogP contribution < -0.4 is 0 Å². The first-order valence-corrected chi connectivity index (χ1v) is 17.2. The minimum Gasteiger partial charge on any atom is -0.809 e. The number of nitrogens with zero attached hydrogens (tertiary/aromatic N) is 3. The Kier molecular flexibility index (Phi) is 26.9. The zero-order chi connectivity index (χ0) is 31.3. The van der Waals surface area contributed by atoms with Crippen LogP contribution in [0.25, 0.3) is 22.0 Å². The van der Waals surface area contributed by atoms with Crippen LogP contribution in [0.2, 0.25) is 5.02 Å². The maximum Gasteiger partial charge on any atom is 0.0395 e. The van der Waals surface area contributed by atoms with Crippen molar-refractivity contribution >= 4 is 67.5 Å². The van der Waals surface area contributed by atoms with Gasteiger partial charge in [-0.1, -0.05) is 29.3 Å². The van der Waals surface area contributed by atoms with E-state index < -0.39 is 5.91 Å². The van der Waals surface area contributed by atoms with Crippen LogP contribution in [-0.2, 0) is 70.7 Å². The van der Waals surface area contributed by atoms with Crippen LogP contribution in [0.1, 0.15) is 32.9 Å². The van der Waals surface area contributed by atoms with Crippen molar-refractivity contribution in [3.05, 3.63) is 111 Å². The van der Waals surface area contributed by atoms with E-state index in [1.54, 1.807) is 54.1 Å². The number of carbonyl (C=O) groups is 2. The zero-order valence-corrected chi connectivity index (χ0v) is 30.3. The van der Waals surface area contributed by atoms with Gasteiger partial charge in [0.05, 0.1) is 11.4 Å². The number of benzene rings is 2. The molecule has 0 aliphatic carbocycles. The monoisotopic (exact) mass is 889 g/mol. The molecule has 217 valence electrons. The summed E-state index contributed by atoms with van der Waals surface area (Å²) in [6.07, 6.45) is 2.59. The number of halogens is 2. The Bertz CT molecular complexity index is 1340. The van der Waals surface area contributed by atoms with Crippen molar-refractivity contribution in [3.8, 4) is 0 Å². The largest absolute Gasteiger partial charge is 0.809 e. The number of aliphatic hydroxyl groups is 1. The molecule has 0 aliphatic rings. The number of hydrogen-bond acceptors (Lipinski definition) is 6. The SMILES string of the molecule is CO.Cc1ccc2c(c1)c(CC([NH-])=O)c(C)n2C(=O)c1ccc(Cl)cc1.[Br][Re].[CH-]=O.[CH-]=O.[N-]=Cc1ccccn1.[Y]. The molecule has 2 N–H and O–H groups in total. The van der Waals surface area contributed by atoms with Crippen molar-refractivity contribution in [1.82, 2.24) is 9.55 Å². The molecule has 0 saturated heterocycles. The minimum absolute atomic E-state index is 0. The number of aliphatic hydroxyl groups excluding tert-OH is 1. The van der Waals surface area contributed by atoms with E-state index in [1.807, 2.05) is 31.2 Å². The molecule has 1 radical (unpaired) electrons. The average molecular weight is 890 g/mol. The summed E-state index contributed by atoms with van der Waals surface area (Å²) in [6.45, 7) is 10.3. The van der Waals surface area contributed by atoms with Gasteiger partial charge in [-0.25, -0.2) is 0 Å². The molecule has 4 rings (SSSR count). The fourth-order valence-electron chi connectivity index (χ4n) is 3.42. The number of aromatic nitrogens is 2. The van der Waals surface area contributed by atoms with Gasteiger partial charge in [0.25, 0.3) is 5.91 Å². The summed E-state index contributed by atoms with van der Waals surface area (Å²) >= 11 is 10.4. The third-order valence-electron chi connectivity index (χ3n) is 4.94. The second-order valence-electron chi connectivity index (χ2n) is 7.22. The van der Waals surface area contributed by atoms with Gasteiger partial charge in [-0.2, -0.15) is 6.21 Å². The molecule has 2 aromatic carbocycles. The second kappa shape index (κ2) is 25.5. The molecule has 1 amide bonds. The fraction of sp³-hybridized carbons (Fsp3) is 0.143. The van der Waals surface area contributed by atoms with Gasteiger partial charge < -0.3 is 30.6 Å². The third-order valence-corrected chi connectivity index (χ3v) is 5.19. The molecule has 0 saturated carbocycles. The molecular formula is C28H27BrClN4O5ReY-4. The minimum atomic E-state index is -0.669. The number of rotatable bonds is 4. The molecule has 4 aromatic rings. The summed E-state index contributed by atoms with van der Waals surface area (Å²) in [7, 11) is 1.00. The number of pyridine rings is 1. The van der Waals surface area contributed by atoms with E-state index in [1.165, 1.54) is 17.2 Å². The van der Waals surface area contributed by atoms with Crippen LogP contribution in [0.3, 0.4) is 0 Å². The Morgan fingerprint density at radius 3 is 2.05 bits per heavy atom. The Labute approximate surface area is 287 Å². The molecule has 0 bridgehead atoms. The zero-order valence-electron chi connectivity index (χ0n) is 22.4. The smallest absolute Gasteiger partial charge is 0.0395 e. The van der Waals surface area contributed by atoms with E-state index in [0.717, 1.165) is 35.4 Å². The molecule has 13 heteroatoms. The van der Waals surface area contributed by atoms with Crippen molar-refractivity contribution in [1.29, 1.82) is 0 Å². The Hall–Kier alpha value is -2.22. The van der Waals surface area contributed by atoms with E-state index in [9.17, 15) is 9.59 Å². The van der Waals surface area contributed by atoms with Gasteiger partial charge in [0.1, 0.15) is 0 Å². The number of carbonyl (C=O) groups excluding carboxylic acids is 4. The summed E-state index contributed by atoms with van der Waals surface area (Å²) in [5.74, 6) is -0.848. The van der Waals surface area contributed by atoms with Gasteiger partial charge in [-0.3, -0.25) is 27.9 Å². The summed E-state index contributed by atoms with van der Waals surface area (Å²) < 4.78 is 1.61. The number of hydrogen-bond donors (Lipinski definition) is 1. The molecule has 0 spiro atoms. The molecule has 9 nitrogen and oxygen atoms in total. The first-order chi connectivity index (χ1) is 19.3. The predicted molar refractivity (Wildman–Crippen MR) is 159 cm³/mol. The van der Waals surface area contributed by atoms with Gasteiger partial charge in [-0.15, -0.1) is 0 Å². The van der Waals surface area contributed by atoms with Crippen molar-refractivity contribution in [2.75, 3.05) is 7.11 Å². The van der Waals surface area contributed by atoms with Gasteiger partial charge >= 0.3 is 30.6 Å². The summed E-state index contributed by atoms with van der Waals surface area (Å²) in [6, 6.07) is 17.8. The van der Waals surface area contributed by atoms with E-state index >= 15 is 0 Å². The summed E-state index contributed by atoms with van der Waals surface area (Å²) in [5.41, 5.74) is 11.6. The van der Waals surface area contributed by atoms with Crippen molar-refractivity contribution in [2.24, 2.45) is 0 Å². The predicted octanol–water partition coefficient (Wildman–Crippen LogP) is 5.69. The van der Waals surface area contributed by atoms with E-state index in [-0.39, 0.29) is 45.0 Å². The molecule has 2 heterocycles. The van der Waals surface area contributed by atoms with Gasteiger partial charge in [0, 0.05) is 79.8 Å². The van der Waals surface area contributed by atoms with Gasteiger partial charge in [0.15, 0.2) is 0 Å². The Morgan fingerprint density at radius 2 is 1.61 bits per heavy atom. The van der Waals surface area contributed by atoms with Crippen LogP contribution in [0, 0.1) is 13.8 Å². The van der Waals surface area contributed by atoms with Crippen LogP contribution in [0.15, 0.2) is 66.9 Å². The average Bonchev–Trinajstić information content (AvgIpc) is 3.27. The van der Waals surface area contributed by atoms with E-state index in [2.05, 4.69) is 32.0 Å². The van der Waals surface area contributed by atoms with Crippen molar-refractivity contribution in [3.63, 3.8) is 0 Å². The third kappa shape index (κ3) is 14.0.